The van der Waals surface area contributed by atoms with E-state index in [4.69, 9.17) is 5.73 Å². The Morgan fingerprint density at radius 2 is 1.46 bits per heavy atom. The van der Waals surface area contributed by atoms with Gasteiger partial charge in [-0.1, -0.05) is 41.5 Å². The van der Waals surface area contributed by atoms with Crippen molar-refractivity contribution in [2.45, 2.75) is 48.0 Å². The van der Waals surface area contributed by atoms with E-state index in [0.29, 0.717) is 11.3 Å². The third-order valence-electron chi connectivity index (χ3n) is 3.75. The Morgan fingerprint density at radius 1 is 1.00 bits per heavy atom. The zero-order chi connectivity index (χ0) is 10.6. The molecule has 0 bridgehead atoms. The van der Waals surface area contributed by atoms with Crippen LogP contribution in [0.4, 0.5) is 0 Å². The Balaban J connectivity index is 4.11. The van der Waals surface area contributed by atoms with Gasteiger partial charge in [0.05, 0.1) is 0 Å². The molecule has 0 aliphatic carbocycles. The molecule has 0 aromatic heterocycles. The maximum Gasteiger partial charge on any atom is -0.00490 e. The van der Waals surface area contributed by atoms with E-state index in [0.717, 1.165) is 18.4 Å². The minimum absolute atomic E-state index is 0.447. The molecule has 80 valence electrons. The van der Waals surface area contributed by atoms with Crippen molar-refractivity contribution in [3.05, 3.63) is 0 Å². The van der Waals surface area contributed by atoms with Gasteiger partial charge in [0.25, 0.3) is 0 Å². The van der Waals surface area contributed by atoms with Crippen LogP contribution in [-0.4, -0.2) is 6.54 Å². The normalized spacial score (nSPS) is 17.5. The van der Waals surface area contributed by atoms with Crippen molar-refractivity contribution in [2.24, 2.45) is 28.9 Å². The Labute approximate surface area is 84.1 Å². The molecule has 1 heteroatoms. The molecule has 0 rings (SSSR count). The fourth-order valence-corrected chi connectivity index (χ4v) is 1.50. The van der Waals surface area contributed by atoms with Gasteiger partial charge in [0.1, 0.15) is 0 Å². The van der Waals surface area contributed by atoms with Crippen LogP contribution in [0.1, 0.15) is 48.0 Å². The van der Waals surface area contributed by atoms with Gasteiger partial charge in [0, 0.05) is 0 Å². The first kappa shape index (κ1) is 13.0. The van der Waals surface area contributed by atoms with Crippen molar-refractivity contribution >= 4 is 0 Å². The molecule has 2 N–H and O–H groups in total. The first-order valence-electron chi connectivity index (χ1n) is 5.51. The third kappa shape index (κ3) is 4.12. The van der Waals surface area contributed by atoms with Crippen LogP contribution < -0.4 is 5.73 Å². The highest BCUT2D eigenvalue weighted by Crippen LogP contribution is 2.35. The highest BCUT2D eigenvalue weighted by molar-refractivity contribution is 4.77. The molecule has 0 spiro atoms. The summed E-state index contributed by atoms with van der Waals surface area (Å²) in [4.78, 5) is 0. The molecule has 0 saturated heterocycles. The average molecular weight is 185 g/mol. The van der Waals surface area contributed by atoms with Gasteiger partial charge in [-0.3, -0.25) is 0 Å². The molecule has 0 heterocycles. The summed E-state index contributed by atoms with van der Waals surface area (Å²) in [7, 11) is 0. The van der Waals surface area contributed by atoms with Crippen molar-refractivity contribution in [2.75, 3.05) is 6.54 Å². The van der Waals surface area contributed by atoms with Crippen molar-refractivity contribution in [1.29, 1.82) is 0 Å². The minimum Gasteiger partial charge on any atom is -0.330 e. The first-order valence-corrected chi connectivity index (χ1v) is 5.51. The summed E-state index contributed by atoms with van der Waals surface area (Å²) in [5.74, 6) is 2.14. The summed E-state index contributed by atoms with van der Waals surface area (Å²) in [5.41, 5.74) is 6.12. The summed E-state index contributed by atoms with van der Waals surface area (Å²) in [5, 5.41) is 0. The van der Waals surface area contributed by atoms with E-state index in [1.54, 1.807) is 0 Å². The molecule has 0 aromatic carbocycles. The van der Waals surface area contributed by atoms with Crippen LogP contribution in [0.15, 0.2) is 0 Å². The van der Waals surface area contributed by atoms with Crippen LogP contribution in [0.25, 0.3) is 0 Å². The van der Waals surface area contributed by atoms with Crippen LogP contribution in [0.3, 0.4) is 0 Å². The Kier molecular flexibility index (Phi) is 4.98. The fraction of sp³-hybridized carbons (Fsp3) is 1.00. The summed E-state index contributed by atoms with van der Waals surface area (Å²) >= 11 is 0. The van der Waals surface area contributed by atoms with E-state index in [2.05, 4.69) is 41.5 Å². The maximum atomic E-state index is 5.67. The molecule has 0 amide bonds. The number of rotatable bonds is 5. The van der Waals surface area contributed by atoms with Gasteiger partial charge in [0.15, 0.2) is 0 Å². The molecule has 13 heavy (non-hydrogen) atoms. The van der Waals surface area contributed by atoms with Gasteiger partial charge in [-0.2, -0.15) is 0 Å². The Bertz CT molecular complexity index is 138. The van der Waals surface area contributed by atoms with Crippen molar-refractivity contribution in [3.8, 4) is 0 Å². The largest absolute Gasteiger partial charge is 0.330 e. The van der Waals surface area contributed by atoms with E-state index in [1.807, 2.05) is 0 Å². The lowest BCUT2D eigenvalue weighted by Gasteiger charge is -2.34. The van der Waals surface area contributed by atoms with Crippen molar-refractivity contribution in [1.82, 2.24) is 0 Å². The minimum atomic E-state index is 0.447. The smallest absolute Gasteiger partial charge is 0.00490 e. The number of nitrogens with two attached hydrogens (primary N) is 1. The van der Waals surface area contributed by atoms with Gasteiger partial charge in [0.2, 0.25) is 0 Å². The van der Waals surface area contributed by atoms with Crippen LogP contribution in [0.5, 0.6) is 0 Å². The topological polar surface area (TPSA) is 26.0 Å². The van der Waals surface area contributed by atoms with Gasteiger partial charge < -0.3 is 5.73 Å². The second kappa shape index (κ2) is 4.99. The van der Waals surface area contributed by atoms with Gasteiger partial charge in [-0.05, 0) is 36.1 Å². The molecular weight excluding hydrogens is 158 g/mol. The second-order valence-corrected chi connectivity index (χ2v) is 5.54. The molecule has 1 unspecified atom stereocenters. The maximum absolute atomic E-state index is 5.67. The van der Waals surface area contributed by atoms with Gasteiger partial charge >= 0.3 is 0 Å². The monoisotopic (exact) mass is 185 g/mol. The predicted molar refractivity (Wildman–Crippen MR) is 60.6 cm³/mol. The molecule has 0 aliphatic heterocycles. The van der Waals surface area contributed by atoms with E-state index in [-0.39, 0.29) is 0 Å². The quantitative estimate of drug-likeness (QED) is 0.699. The Hall–Kier alpha value is -0.0400. The van der Waals surface area contributed by atoms with Gasteiger partial charge in [-0.25, -0.2) is 0 Å². The van der Waals surface area contributed by atoms with Crippen molar-refractivity contribution in [3.63, 3.8) is 0 Å². The summed E-state index contributed by atoms with van der Waals surface area (Å²) in [6.45, 7) is 14.7. The molecule has 0 aromatic rings. The van der Waals surface area contributed by atoms with Crippen LogP contribution in [0.2, 0.25) is 0 Å². The fourth-order valence-electron chi connectivity index (χ4n) is 1.50. The lowest BCUT2D eigenvalue weighted by atomic mass is 9.72. The second-order valence-electron chi connectivity index (χ2n) is 5.54. The average Bonchev–Trinajstić information content (AvgIpc) is 2.01. The first-order chi connectivity index (χ1) is 5.81. The molecule has 2 atom stereocenters. The third-order valence-corrected chi connectivity index (χ3v) is 3.75. The zero-order valence-electron chi connectivity index (χ0n) is 10.2. The summed E-state index contributed by atoms with van der Waals surface area (Å²) < 4.78 is 0. The summed E-state index contributed by atoms with van der Waals surface area (Å²) in [6, 6.07) is 0. The van der Waals surface area contributed by atoms with E-state index in [9.17, 15) is 0 Å². The Morgan fingerprint density at radius 3 is 1.77 bits per heavy atom. The number of hydrogen-bond donors (Lipinski definition) is 1. The summed E-state index contributed by atoms with van der Waals surface area (Å²) in [6.07, 6.45) is 1.28. The highest BCUT2D eigenvalue weighted by atomic mass is 14.5. The molecule has 0 radical (unpaired) electrons. The molecule has 0 fully saturated rings. The lowest BCUT2D eigenvalue weighted by molar-refractivity contribution is 0.169. The van der Waals surface area contributed by atoms with Crippen LogP contribution >= 0.6 is 0 Å². The SMILES string of the molecule is CC(CC(C)(C)C(C)C)[C@H](C)CN. The molecular formula is C12H27N. The van der Waals surface area contributed by atoms with Gasteiger partial charge in [-0.15, -0.1) is 0 Å². The zero-order valence-corrected chi connectivity index (χ0v) is 10.2. The molecule has 0 saturated carbocycles. The number of hydrogen-bond acceptors (Lipinski definition) is 1. The van der Waals surface area contributed by atoms with Crippen molar-refractivity contribution < 1.29 is 0 Å². The van der Waals surface area contributed by atoms with Crippen LogP contribution in [0, 0.1) is 23.2 Å². The van der Waals surface area contributed by atoms with E-state index in [1.165, 1.54) is 6.42 Å². The molecule has 1 nitrogen and oxygen atoms in total. The standard InChI is InChI=1S/C12H27N/c1-9(2)12(5,6)7-10(3)11(4)8-13/h9-11H,7-8,13H2,1-6H3/t10?,11-/m1/s1. The van der Waals surface area contributed by atoms with E-state index < -0.39 is 0 Å². The highest BCUT2D eigenvalue weighted by Gasteiger charge is 2.26. The lowest BCUT2D eigenvalue weighted by Crippen LogP contribution is -2.27. The van der Waals surface area contributed by atoms with E-state index >= 15 is 0 Å². The molecule has 0 aliphatic rings. The van der Waals surface area contributed by atoms with Crippen LogP contribution in [-0.2, 0) is 0 Å². The predicted octanol–water partition coefficient (Wildman–Crippen LogP) is 3.29.